The lowest BCUT2D eigenvalue weighted by atomic mass is 10.1. The van der Waals surface area contributed by atoms with Crippen LogP contribution in [-0.4, -0.2) is 18.0 Å². The summed E-state index contributed by atoms with van der Waals surface area (Å²) in [6, 6.07) is 24.5. The van der Waals surface area contributed by atoms with Gasteiger partial charge in [0.1, 0.15) is 0 Å². The van der Waals surface area contributed by atoms with E-state index in [9.17, 15) is 9.59 Å². The average molecular weight is 417 g/mol. The molecule has 3 aromatic rings. The van der Waals surface area contributed by atoms with Gasteiger partial charge in [-0.15, -0.1) is 0 Å². The molecule has 3 amide bonds. The van der Waals surface area contributed by atoms with Crippen molar-refractivity contribution in [2.24, 2.45) is 0 Å². The van der Waals surface area contributed by atoms with Crippen molar-refractivity contribution in [2.45, 2.75) is 32.9 Å². The van der Waals surface area contributed by atoms with Crippen LogP contribution in [0.15, 0.2) is 78.9 Å². The van der Waals surface area contributed by atoms with Crippen LogP contribution < -0.4 is 21.3 Å². The summed E-state index contributed by atoms with van der Waals surface area (Å²) < 4.78 is 0. The summed E-state index contributed by atoms with van der Waals surface area (Å²) >= 11 is 0. The minimum absolute atomic E-state index is 0.0274. The Morgan fingerprint density at radius 3 is 2.06 bits per heavy atom. The normalized spacial score (nSPS) is 11.5. The third kappa shape index (κ3) is 6.60. The maximum atomic E-state index is 12.6. The Bertz CT molecular complexity index is 1020. The molecule has 1 unspecified atom stereocenters. The van der Waals surface area contributed by atoms with Crippen molar-refractivity contribution in [3.63, 3.8) is 0 Å². The number of carbonyl (C=O) groups is 2. The van der Waals surface area contributed by atoms with E-state index in [1.165, 1.54) is 5.56 Å². The lowest BCUT2D eigenvalue weighted by Crippen LogP contribution is -2.34. The molecule has 3 rings (SSSR count). The van der Waals surface area contributed by atoms with E-state index in [-0.39, 0.29) is 24.0 Å². The molecule has 0 aliphatic carbocycles. The van der Waals surface area contributed by atoms with E-state index in [0.29, 0.717) is 16.9 Å². The second kappa shape index (κ2) is 10.3. The van der Waals surface area contributed by atoms with Gasteiger partial charge in [0, 0.05) is 34.7 Å². The average Bonchev–Trinajstić information content (AvgIpc) is 2.75. The number of carbonyl (C=O) groups excluding carboxylic acids is 2. The van der Waals surface area contributed by atoms with E-state index < -0.39 is 0 Å². The topological polar surface area (TPSA) is 82.3 Å². The zero-order valence-corrected chi connectivity index (χ0v) is 18.0. The van der Waals surface area contributed by atoms with Crippen LogP contribution in [0.4, 0.5) is 21.9 Å². The monoisotopic (exact) mass is 416 g/mol. The van der Waals surface area contributed by atoms with Crippen LogP contribution in [0.25, 0.3) is 0 Å². The molecule has 0 aromatic heterocycles. The quantitative estimate of drug-likeness (QED) is 0.402. The third-order valence-electron chi connectivity index (χ3n) is 4.63. The van der Waals surface area contributed by atoms with Crippen LogP contribution >= 0.6 is 0 Å². The number of hydrogen-bond donors (Lipinski definition) is 4. The lowest BCUT2D eigenvalue weighted by Gasteiger charge is -2.16. The van der Waals surface area contributed by atoms with Crippen LogP contribution in [0.3, 0.4) is 0 Å². The third-order valence-corrected chi connectivity index (χ3v) is 4.63. The summed E-state index contributed by atoms with van der Waals surface area (Å²) in [6.07, 6.45) is 0. The first-order valence-corrected chi connectivity index (χ1v) is 10.3. The Hall–Kier alpha value is -3.80. The van der Waals surface area contributed by atoms with Gasteiger partial charge in [-0.05, 0) is 68.8 Å². The maximum absolute atomic E-state index is 12.6. The molecule has 0 aliphatic heterocycles. The van der Waals surface area contributed by atoms with E-state index in [2.05, 4.69) is 40.3 Å². The minimum atomic E-state index is -0.305. The van der Waals surface area contributed by atoms with Gasteiger partial charge in [0.25, 0.3) is 5.91 Å². The SMILES string of the molecule is CC(C)NC(=O)Nc1cccc(C(=O)Nc2ccc(NC(C)c3ccccc3)cc2)c1. The van der Waals surface area contributed by atoms with Gasteiger partial charge in [-0.1, -0.05) is 36.4 Å². The summed E-state index contributed by atoms with van der Waals surface area (Å²) in [7, 11) is 0. The van der Waals surface area contributed by atoms with E-state index in [1.54, 1.807) is 24.3 Å². The Balaban J connectivity index is 1.59. The smallest absolute Gasteiger partial charge is 0.319 e. The zero-order chi connectivity index (χ0) is 22.2. The number of anilines is 3. The van der Waals surface area contributed by atoms with Crippen molar-refractivity contribution < 1.29 is 9.59 Å². The second-order valence-corrected chi connectivity index (χ2v) is 7.64. The van der Waals surface area contributed by atoms with Gasteiger partial charge in [0.05, 0.1) is 0 Å². The summed E-state index contributed by atoms with van der Waals surface area (Å²) in [5.74, 6) is -0.244. The number of hydrogen-bond acceptors (Lipinski definition) is 3. The highest BCUT2D eigenvalue weighted by Gasteiger charge is 2.10. The molecule has 0 radical (unpaired) electrons. The molecular formula is C25H28N4O2. The second-order valence-electron chi connectivity index (χ2n) is 7.64. The van der Waals surface area contributed by atoms with E-state index in [0.717, 1.165) is 5.69 Å². The van der Waals surface area contributed by atoms with Gasteiger partial charge < -0.3 is 21.3 Å². The van der Waals surface area contributed by atoms with Crippen LogP contribution in [0.1, 0.15) is 42.7 Å². The molecule has 0 saturated carbocycles. The highest BCUT2D eigenvalue weighted by Crippen LogP contribution is 2.21. The molecule has 0 heterocycles. The molecule has 0 saturated heterocycles. The number of benzene rings is 3. The first-order valence-electron chi connectivity index (χ1n) is 10.3. The van der Waals surface area contributed by atoms with Crippen LogP contribution in [0.5, 0.6) is 0 Å². The molecular weight excluding hydrogens is 388 g/mol. The molecule has 6 heteroatoms. The summed E-state index contributed by atoms with van der Waals surface area (Å²) in [5, 5.41) is 11.8. The molecule has 4 N–H and O–H groups in total. The number of rotatable bonds is 7. The Morgan fingerprint density at radius 1 is 0.710 bits per heavy atom. The van der Waals surface area contributed by atoms with E-state index in [1.807, 2.05) is 56.3 Å². The van der Waals surface area contributed by atoms with E-state index in [4.69, 9.17) is 0 Å². The molecule has 0 spiro atoms. The van der Waals surface area contributed by atoms with Crippen LogP contribution in [0, 0.1) is 0 Å². The van der Waals surface area contributed by atoms with E-state index >= 15 is 0 Å². The Kier molecular flexibility index (Phi) is 7.27. The Morgan fingerprint density at radius 2 is 1.39 bits per heavy atom. The first kappa shape index (κ1) is 21.9. The largest absolute Gasteiger partial charge is 0.379 e. The van der Waals surface area contributed by atoms with Gasteiger partial charge >= 0.3 is 6.03 Å². The summed E-state index contributed by atoms with van der Waals surface area (Å²) in [4.78, 5) is 24.5. The summed E-state index contributed by atoms with van der Waals surface area (Å²) in [6.45, 7) is 5.87. The van der Waals surface area contributed by atoms with Crippen molar-refractivity contribution in [2.75, 3.05) is 16.0 Å². The fourth-order valence-electron chi connectivity index (χ4n) is 3.10. The zero-order valence-electron chi connectivity index (χ0n) is 18.0. The van der Waals surface area contributed by atoms with Crippen molar-refractivity contribution in [1.29, 1.82) is 0 Å². The molecule has 6 nitrogen and oxygen atoms in total. The highest BCUT2D eigenvalue weighted by molar-refractivity contribution is 6.05. The van der Waals surface area contributed by atoms with Gasteiger partial charge in [-0.3, -0.25) is 4.79 Å². The molecule has 0 aliphatic rings. The summed E-state index contributed by atoms with van der Waals surface area (Å²) in [5.41, 5.74) is 3.88. The molecule has 1 atom stereocenters. The molecule has 31 heavy (non-hydrogen) atoms. The van der Waals surface area contributed by atoms with Crippen molar-refractivity contribution >= 4 is 29.0 Å². The van der Waals surface area contributed by atoms with Gasteiger partial charge in [0.15, 0.2) is 0 Å². The molecule has 0 fully saturated rings. The minimum Gasteiger partial charge on any atom is -0.379 e. The van der Waals surface area contributed by atoms with Crippen LogP contribution in [-0.2, 0) is 0 Å². The number of nitrogens with one attached hydrogen (secondary N) is 4. The maximum Gasteiger partial charge on any atom is 0.319 e. The Labute approximate surface area is 183 Å². The molecule has 0 bridgehead atoms. The van der Waals surface area contributed by atoms with Crippen molar-refractivity contribution in [1.82, 2.24) is 5.32 Å². The lowest BCUT2D eigenvalue weighted by molar-refractivity contribution is 0.102. The van der Waals surface area contributed by atoms with Crippen molar-refractivity contribution in [3.05, 3.63) is 90.0 Å². The van der Waals surface area contributed by atoms with Gasteiger partial charge in [-0.2, -0.15) is 0 Å². The number of amides is 3. The standard InChI is InChI=1S/C25H28N4O2/c1-17(2)26-25(31)29-23-11-7-10-20(16-23)24(30)28-22-14-12-21(13-15-22)27-18(3)19-8-5-4-6-9-19/h4-18,27H,1-3H3,(H,28,30)(H2,26,29,31). The van der Waals surface area contributed by atoms with Gasteiger partial charge in [-0.25, -0.2) is 4.79 Å². The fourth-order valence-corrected chi connectivity index (χ4v) is 3.10. The van der Waals surface area contributed by atoms with Gasteiger partial charge in [0.2, 0.25) is 0 Å². The fraction of sp³-hybridized carbons (Fsp3) is 0.200. The predicted molar refractivity (Wildman–Crippen MR) is 127 cm³/mol. The van der Waals surface area contributed by atoms with Crippen LogP contribution in [0.2, 0.25) is 0 Å². The number of urea groups is 1. The predicted octanol–water partition coefficient (Wildman–Crippen LogP) is 5.64. The van der Waals surface area contributed by atoms with Crippen molar-refractivity contribution in [3.8, 4) is 0 Å². The first-order chi connectivity index (χ1) is 14.9. The highest BCUT2D eigenvalue weighted by atomic mass is 16.2. The molecule has 3 aromatic carbocycles. The molecule has 160 valence electrons.